The minimum absolute atomic E-state index is 0.140. The number of rotatable bonds is 10. The molecule has 26 heavy (non-hydrogen) atoms. The van der Waals surface area contributed by atoms with Crippen molar-refractivity contribution in [3.05, 3.63) is 24.3 Å². The summed E-state index contributed by atoms with van der Waals surface area (Å²) >= 11 is 0. The molecule has 6 nitrogen and oxygen atoms in total. The van der Waals surface area contributed by atoms with E-state index >= 15 is 0 Å². The van der Waals surface area contributed by atoms with Crippen molar-refractivity contribution in [3.63, 3.8) is 0 Å². The molecule has 1 amide bonds. The minimum atomic E-state index is 0.140. The largest absolute Gasteiger partial charge is 0.497 e. The summed E-state index contributed by atoms with van der Waals surface area (Å²) in [7, 11) is 1.66. The van der Waals surface area contributed by atoms with Gasteiger partial charge in [0.05, 0.1) is 20.3 Å². The number of methoxy groups -OCH3 is 1. The second-order valence-corrected chi connectivity index (χ2v) is 6.87. The summed E-state index contributed by atoms with van der Waals surface area (Å²) in [6, 6.07) is 7.94. The maximum Gasteiger partial charge on any atom is 0.234 e. The zero-order valence-electron chi connectivity index (χ0n) is 16.4. The lowest BCUT2D eigenvalue weighted by Gasteiger charge is -2.34. The molecular formula is C20H33N3O3. The Labute approximate surface area is 157 Å². The quantitative estimate of drug-likeness (QED) is 0.645. The Balaban J connectivity index is 1.56. The maximum atomic E-state index is 12.0. The smallest absolute Gasteiger partial charge is 0.234 e. The lowest BCUT2D eigenvalue weighted by Crippen LogP contribution is -2.50. The summed E-state index contributed by atoms with van der Waals surface area (Å²) in [5.74, 6) is 1.86. The number of nitrogens with one attached hydrogen (secondary N) is 1. The fraction of sp³-hybridized carbons (Fsp3) is 0.650. The van der Waals surface area contributed by atoms with Crippen LogP contribution in [0.15, 0.2) is 24.3 Å². The fourth-order valence-corrected chi connectivity index (χ4v) is 2.95. The van der Waals surface area contributed by atoms with Gasteiger partial charge in [-0.25, -0.2) is 0 Å². The SMILES string of the molecule is CCC(C)NC(=O)CN1CCN(CCCOc2ccc(OC)cc2)CC1. The normalized spacial score (nSPS) is 16.9. The zero-order valence-corrected chi connectivity index (χ0v) is 16.4. The number of ether oxygens (including phenoxy) is 2. The minimum Gasteiger partial charge on any atom is -0.497 e. The summed E-state index contributed by atoms with van der Waals surface area (Å²) < 4.78 is 10.9. The molecule has 1 aromatic carbocycles. The van der Waals surface area contributed by atoms with Gasteiger partial charge in [0.1, 0.15) is 11.5 Å². The lowest BCUT2D eigenvalue weighted by molar-refractivity contribution is -0.123. The third kappa shape index (κ3) is 7.22. The van der Waals surface area contributed by atoms with Gasteiger partial charge in [-0.1, -0.05) is 6.92 Å². The van der Waals surface area contributed by atoms with E-state index in [0.717, 1.165) is 57.1 Å². The van der Waals surface area contributed by atoms with Gasteiger partial charge < -0.3 is 19.7 Å². The number of piperazine rings is 1. The third-order valence-electron chi connectivity index (χ3n) is 4.80. The molecule has 1 saturated heterocycles. The average molecular weight is 364 g/mol. The first-order valence-corrected chi connectivity index (χ1v) is 9.61. The maximum absolute atomic E-state index is 12.0. The predicted octanol–water partition coefficient (Wildman–Crippen LogP) is 2.00. The molecule has 0 saturated carbocycles. The van der Waals surface area contributed by atoms with Gasteiger partial charge in [0, 0.05) is 38.8 Å². The molecular weight excluding hydrogens is 330 g/mol. The summed E-state index contributed by atoms with van der Waals surface area (Å²) in [6.07, 6.45) is 1.97. The molecule has 2 rings (SSSR count). The number of hydrogen-bond acceptors (Lipinski definition) is 5. The lowest BCUT2D eigenvalue weighted by atomic mass is 10.2. The topological polar surface area (TPSA) is 54.0 Å². The molecule has 0 aliphatic carbocycles. The highest BCUT2D eigenvalue weighted by Crippen LogP contribution is 2.17. The van der Waals surface area contributed by atoms with Crippen LogP contribution in [0.3, 0.4) is 0 Å². The molecule has 0 radical (unpaired) electrons. The van der Waals surface area contributed by atoms with E-state index in [1.807, 2.05) is 31.2 Å². The third-order valence-corrected chi connectivity index (χ3v) is 4.80. The van der Waals surface area contributed by atoms with E-state index in [1.54, 1.807) is 7.11 Å². The molecule has 1 aromatic rings. The molecule has 1 unspecified atom stereocenters. The van der Waals surface area contributed by atoms with E-state index in [9.17, 15) is 4.79 Å². The van der Waals surface area contributed by atoms with Crippen molar-refractivity contribution in [1.82, 2.24) is 15.1 Å². The fourth-order valence-electron chi connectivity index (χ4n) is 2.95. The van der Waals surface area contributed by atoms with Crippen LogP contribution in [0.2, 0.25) is 0 Å². The van der Waals surface area contributed by atoms with Gasteiger partial charge in [0.15, 0.2) is 0 Å². The second-order valence-electron chi connectivity index (χ2n) is 6.87. The van der Waals surface area contributed by atoms with Gasteiger partial charge in [-0.3, -0.25) is 9.69 Å². The Morgan fingerprint density at radius 1 is 1.12 bits per heavy atom. The molecule has 1 fully saturated rings. The molecule has 0 spiro atoms. The number of nitrogens with zero attached hydrogens (tertiary/aromatic N) is 2. The monoisotopic (exact) mass is 363 g/mol. The van der Waals surface area contributed by atoms with Crippen molar-refractivity contribution >= 4 is 5.91 Å². The summed E-state index contributed by atoms with van der Waals surface area (Å²) in [6.45, 7) is 10.3. The number of hydrogen-bond donors (Lipinski definition) is 1. The molecule has 1 aliphatic rings. The van der Waals surface area contributed by atoms with Crippen LogP contribution in [-0.4, -0.2) is 74.7 Å². The predicted molar refractivity (Wildman–Crippen MR) is 104 cm³/mol. The van der Waals surface area contributed by atoms with Crippen LogP contribution in [0.4, 0.5) is 0 Å². The summed E-state index contributed by atoms with van der Waals surface area (Å²) in [5.41, 5.74) is 0. The Morgan fingerprint density at radius 3 is 2.35 bits per heavy atom. The highest BCUT2D eigenvalue weighted by molar-refractivity contribution is 5.78. The van der Waals surface area contributed by atoms with Gasteiger partial charge in [-0.15, -0.1) is 0 Å². The molecule has 0 aromatic heterocycles. The Morgan fingerprint density at radius 2 is 1.73 bits per heavy atom. The van der Waals surface area contributed by atoms with E-state index in [4.69, 9.17) is 9.47 Å². The number of carbonyl (C=O) groups is 1. The first-order chi connectivity index (χ1) is 12.6. The van der Waals surface area contributed by atoms with Crippen molar-refractivity contribution in [2.75, 3.05) is 53.0 Å². The zero-order chi connectivity index (χ0) is 18.8. The van der Waals surface area contributed by atoms with Gasteiger partial charge in [-0.2, -0.15) is 0 Å². The first-order valence-electron chi connectivity index (χ1n) is 9.61. The van der Waals surface area contributed by atoms with Crippen LogP contribution in [0.25, 0.3) is 0 Å². The Hall–Kier alpha value is -1.79. The van der Waals surface area contributed by atoms with Crippen molar-refractivity contribution in [2.45, 2.75) is 32.7 Å². The molecule has 1 atom stereocenters. The second kappa shape index (κ2) is 11.0. The van der Waals surface area contributed by atoms with Crippen molar-refractivity contribution in [2.24, 2.45) is 0 Å². The molecule has 146 valence electrons. The van der Waals surface area contributed by atoms with Crippen LogP contribution in [-0.2, 0) is 4.79 Å². The van der Waals surface area contributed by atoms with Crippen LogP contribution in [0, 0.1) is 0 Å². The first kappa shape index (κ1) is 20.5. The van der Waals surface area contributed by atoms with Crippen molar-refractivity contribution in [1.29, 1.82) is 0 Å². The van der Waals surface area contributed by atoms with Gasteiger partial charge >= 0.3 is 0 Å². The number of amides is 1. The van der Waals surface area contributed by atoms with E-state index in [2.05, 4.69) is 22.0 Å². The molecule has 1 aliphatic heterocycles. The highest BCUT2D eigenvalue weighted by atomic mass is 16.5. The molecule has 1 heterocycles. The van der Waals surface area contributed by atoms with E-state index < -0.39 is 0 Å². The van der Waals surface area contributed by atoms with Gasteiger partial charge in [0.2, 0.25) is 5.91 Å². The molecule has 1 N–H and O–H groups in total. The summed E-state index contributed by atoms with van der Waals surface area (Å²) in [5, 5.41) is 3.03. The standard InChI is InChI=1S/C20H33N3O3/c1-4-17(2)21-20(24)16-23-13-11-22(12-14-23)10-5-15-26-19-8-6-18(25-3)7-9-19/h6-9,17H,4-5,10-16H2,1-3H3,(H,21,24). The molecule has 6 heteroatoms. The van der Waals surface area contributed by atoms with Crippen LogP contribution < -0.4 is 14.8 Å². The highest BCUT2D eigenvalue weighted by Gasteiger charge is 2.19. The van der Waals surface area contributed by atoms with E-state index in [-0.39, 0.29) is 11.9 Å². The average Bonchev–Trinajstić information content (AvgIpc) is 2.66. The van der Waals surface area contributed by atoms with E-state index in [1.165, 1.54) is 0 Å². The number of benzene rings is 1. The van der Waals surface area contributed by atoms with Gasteiger partial charge in [-0.05, 0) is 44.0 Å². The van der Waals surface area contributed by atoms with Crippen LogP contribution >= 0.6 is 0 Å². The van der Waals surface area contributed by atoms with Crippen molar-refractivity contribution in [3.8, 4) is 11.5 Å². The Bertz CT molecular complexity index is 528. The van der Waals surface area contributed by atoms with Crippen molar-refractivity contribution < 1.29 is 14.3 Å². The van der Waals surface area contributed by atoms with Gasteiger partial charge in [0.25, 0.3) is 0 Å². The number of carbonyl (C=O) groups excluding carboxylic acids is 1. The van der Waals surface area contributed by atoms with Crippen LogP contribution in [0.5, 0.6) is 11.5 Å². The summed E-state index contributed by atoms with van der Waals surface area (Å²) in [4.78, 5) is 16.6. The van der Waals surface area contributed by atoms with Crippen LogP contribution in [0.1, 0.15) is 26.7 Å². The molecule has 0 bridgehead atoms. The Kier molecular flexibility index (Phi) is 8.71. The van der Waals surface area contributed by atoms with E-state index in [0.29, 0.717) is 13.2 Å².